The summed E-state index contributed by atoms with van der Waals surface area (Å²) in [7, 11) is 0. The molecule has 2 amide bonds. The number of hydrogen-bond donors (Lipinski definition) is 4. The Balaban J connectivity index is 2.02. The van der Waals surface area contributed by atoms with E-state index in [4.69, 9.17) is 0 Å². The van der Waals surface area contributed by atoms with E-state index in [-0.39, 0.29) is 11.1 Å². The second-order valence-corrected chi connectivity index (χ2v) is 5.42. The molecule has 2 aromatic carbocycles. The molecule has 0 saturated heterocycles. The SMILES string of the molecule is O=C1Nc2ccccc2[C@@]1(O)[C@@]1(O)C(=O)Nc2ccccc21. The number of fused-ring (bicyclic) bond motifs is 2. The number of amides is 2. The predicted molar refractivity (Wildman–Crippen MR) is 77.9 cm³/mol. The van der Waals surface area contributed by atoms with Gasteiger partial charge in [-0.3, -0.25) is 9.59 Å². The van der Waals surface area contributed by atoms with Crippen molar-refractivity contribution in [1.82, 2.24) is 0 Å². The van der Waals surface area contributed by atoms with Crippen molar-refractivity contribution in [2.24, 2.45) is 0 Å². The molecule has 0 unspecified atom stereocenters. The number of benzene rings is 2. The highest BCUT2D eigenvalue weighted by molar-refractivity contribution is 6.15. The van der Waals surface area contributed by atoms with E-state index >= 15 is 0 Å². The molecular weight excluding hydrogens is 284 g/mol. The molecule has 0 aliphatic carbocycles. The number of para-hydroxylation sites is 2. The molecule has 0 saturated carbocycles. The van der Waals surface area contributed by atoms with Crippen molar-refractivity contribution in [1.29, 1.82) is 0 Å². The van der Waals surface area contributed by atoms with E-state index in [1.54, 1.807) is 36.4 Å². The van der Waals surface area contributed by atoms with Crippen LogP contribution in [-0.2, 0) is 20.8 Å². The Hall–Kier alpha value is -2.70. The zero-order valence-electron chi connectivity index (χ0n) is 11.3. The molecule has 22 heavy (non-hydrogen) atoms. The average Bonchev–Trinajstić information content (AvgIpc) is 2.94. The van der Waals surface area contributed by atoms with Crippen molar-refractivity contribution in [3.05, 3.63) is 59.7 Å². The maximum atomic E-state index is 12.4. The number of hydrogen-bond acceptors (Lipinski definition) is 4. The van der Waals surface area contributed by atoms with Crippen LogP contribution in [0.1, 0.15) is 11.1 Å². The third kappa shape index (κ3) is 1.26. The molecule has 2 aromatic rings. The molecule has 0 fully saturated rings. The van der Waals surface area contributed by atoms with Gasteiger partial charge in [-0.1, -0.05) is 36.4 Å². The number of carbonyl (C=O) groups is 2. The summed E-state index contributed by atoms with van der Waals surface area (Å²) < 4.78 is 0. The van der Waals surface area contributed by atoms with Crippen molar-refractivity contribution in [2.75, 3.05) is 10.6 Å². The van der Waals surface area contributed by atoms with Gasteiger partial charge in [-0.2, -0.15) is 0 Å². The van der Waals surface area contributed by atoms with E-state index in [1.165, 1.54) is 12.1 Å². The van der Waals surface area contributed by atoms with Gasteiger partial charge in [-0.05, 0) is 12.1 Å². The van der Waals surface area contributed by atoms with Crippen LogP contribution in [0.3, 0.4) is 0 Å². The third-order valence-electron chi connectivity index (χ3n) is 4.31. The van der Waals surface area contributed by atoms with Gasteiger partial charge in [0.1, 0.15) is 0 Å². The summed E-state index contributed by atoms with van der Waals surface area (Å²) in [6.07, 6.45) is 0. The third-order valence-corrected chi connectivity index (χ3v) is 4.31. The molecule has 2 aliphatic rings. The molecule has 4 N–H and O–H groups in total. The van der Waals surface area contributed by atoms with Crippen molar-refractivity contribution in [3.8, 4) is 0 Å². The zero-order valence-corrected chi connectivity index (χ0v) is 11.3. The molecular formula is C16H12N2O4. The molecule has 6 heteroatoms. The number of carbonyl (C=O) groups excluding carboxylic acids is 2. The summed E-state index contributed by atoms with van der Waals surface area (Å²) in [5.41, 5.74) is -3.68. The van der Waals surface area contributed by atoms with Gasteiger partial charge in [-0.25, -0.2) is 0 Å². The first-order valence-corrected chi connectivity index (χ1v) is 6.76. The highest BCUT2D eigenvalue weighted by Crippen LogP contribution is 2.52. The van der Waals surface area contributed by atoms with Crippen LogP contribution < -0.4 is 10.6 Å². The monoisotopic (exact) mass is 296 g/mol. The van der Waals surface area contributed by atoms with Crippen LogP contribution in [0.15, 0.2) is 48.5 Å². The van der Waals surface area contributed by atoms with Gasteiger partial charge in [-0.15, -0.1) is 0 Å². The minimum absolute atomic E-state index is 0.175. The highest BCUT2D eigenvalue weighted by Gasteiger charge is 2.67. The number of aliphatic hydroxyl groups is 2. The lowest BCUT2D eigenvalue weighted by molar-refractivity contribution is -0.181. The minimum Gasteiger partial charge on any atom is -0.372 e. The Morgan fingerprint density at radius 2 is 1.05 bits per heavy atom. The van der Waals surface area contributed by atoms with Gasteiger partial charge in [0.15, 0.2) is 0 Å². The summed E-state index contributed by atoms with van der Waals surface area (Å²) in [4.78, 5) is 24.8. The van der Waals surface area contributed by atoms with Crippen molar-refractivity contribution in [3.63, 3.8) is 0 Å². The Bertz CT molecular complexity index is 765. The topological polar surface area (TPSA) is 98.7 Å². The zero-order chi connectivity index (χ0) is 15.5. The van der Waals surface area contributed by atoms with E-state index in [2.05, 4.69) is 10.6 Å². The molecule has 0 bridgehead atoms. The van der Waals surface area contributed by atoms with Crippen LogP contribution in [0.25, 0.3) is 0 Å². The fraction of sp³-hybridized carbons (Fsp3) is 0.125. The fourth-order valence-electron chi connectivity index (χ4n) is 3.20. The lowest BCUT2D eigenvalue weighted by Crippen LogP contribution is -2.57. The minimum atomic E-state index is -2.39. The molecule has 2 atom stereocenters. The van der Waals surface area contributed by atoms with Crippen molar-refractivity contribution in [2.45, 2.75) is 11.2 Å². The summed E-state index contributed by atoms with van der Waals surface area (Å²) in [5.74, 6) is -1.66. The van der Waals surface area contributed by atoms with E-state index in [0.29, 0.717) is 11.4 Å². The van der Waals surface area contributed by atoms with Crippen LogP contribution in [0.5, 0.6) is 0 Å². The molecule has 4 rings (SSSR count). The van der Waals surface area contributed by atoms with Gasteiger partial charge in [0.2, 0.25) is 11.2 Å². The summed E-state index contributed by atoms with van der Waals surface area (Å²) >= 11 is 0. The van der Waals surface area contributed by atoms with E-state index in [9.17, 15) is 19.8 Å². The lowest BCUT2D eigenvalue weighted by Gasteiger charge is -2.34. The smallest absolute Gasteiger partial charge is 0.265 e. The highest BCUT2D eigenvalue weighted by atomic mass is 16.4. The van der Waals surface area contributed by atoms with Crippen LogP contribution in [0.4, 0.5) is 11.4 Å². The predicted octanol–water partition coefficient (Wildman–Crippen LogP) is 0.666. The van der Waals surface area contributed by atoms with Gasteiger partial charge in [0, 0.05) is 22.5 Å². The normalized spacial score (nSPS) is 28.8. The lowest BCUT2D eigenvalue weighted by atomic mass is 9.74. The Morgan fingerprint density at radius 1 is 0.682 bits per heavy atom. The second-order valence-electron chi connectivity index (χ2n) is 5.42. The van der Waals surface area contributed by atoms with Gasteiger partial charge >= 0.3 is 0 Å². The average molecular weight is 296 g/mol. The molecule has 0 spiro atoms. The Morgan fingerprint density at radius 3 is 1.45 bits per heavy atom. The first-order valence-electron chi connectivity index (χ1n) is 6.76. The van der Waals surface area contributed by atoms with Crippen LogP contribution in [0, 0.1) is 0 Å². The van der Waals surface area contributed by atoms with Crippen LogP contribution in [0.2, 0.25) is 0 Å². The molecule has 110 valence electrons. The Kier molecular flexibility index (Phi) is 2.33. The van der Waals surface area contributed by atoms with Gasteiger partial charge < -0.3 is 20.8 Å². The molecule has 6 nitrogen and oxygen atoms in total. The summed E-state index contributed by atoms with van der Waals surface area (Å²) in [6, 6.07) is 12.9. The molecule has 2 aliphatic heterocycles. The summed E-state index contributed by atoms with van der Waals surface area (Å²) in [5, 5.41) is 27.2. The maximum absolute atomic E-state index is 12.4. The summed E-state index contributed by atoms with van der Waals surface area (Å²) in [6.45, 7) is 0. The van der Waals surface area contributed by atoms with E-state index in [0.717, 1.165) is 0 Å². The molecule has 0 radical (unpaired) electrons. The first-order chi connectivity index (χ1) is 10.5. The number of anilines is 2. The van der Waals surface area contributed by atoms with Crippen LogP contribution >= 0.6 is 0 Å². The second kappa shape index (κ2) is 3.94. The molecule has 2 heterocycles. The fourth-order valence-corrected chi connectivity index (χ4v) is 3.20. The number of rotatable bonds is 1. The first kappa shape index (κ1) is 13.0. The Labute approximate surface area is 125 Å². The van der Waals surface area contributed by atoms with Crippen molar-refractivity contribution >= 4 is 23.2 Å². The molecule has 0 aromatic heterocycles. The quantitative estimate of drug-likeness (QED) is 0.621. The van der Waals surface area contributed by atoms with Gasteiger partial charge in [0.25, 0.3) is 11.8 Å². The maximum Gasteiger partial charge on any atom is 0.265 e. The standard InChI is InChI=1S/C16H12N2O4/c19-13-15(21,9-5-1-3-7-11(9)17-13)16(22)10-6-2-4-8-12(10)18-14(16)20/h1-8,21-22H,(H,17,19)(H,18,20)/t15-,16-/m0/s1. The van der Waals surface area contributed by atoms with Crippen LogP contribution in [-0.4, -0.2) is 22.0 Å². The van der Waals surface area contributed by atoms with E-state index < -0.39 is 23.0 Å². The van der Waals surface area contributed by atoms with E-state index in [1.807, 2.05) is 0 Å². The van der Waals surface area contributed by atoms with Gasteiger partial charge in [0.05, 0.1) is 0 Å². The largest absolute Gasteiger partial charge is 0.372 e. The number of nitrogens with one attached hydrogen (secondary N) is 2. The van der Waals surface area contributed by atoms with Crippen molar-refractivity contribution < 1.29 is 19.8 Å².